The average molecular weight is 1800 g/mol. The number of aliphatic carboxylic acids is 3. The number of primary amides is 1. The Bertz CT molecular complexity index is 3890. The molecule has 0 radical (unpaired) electrons. The summed E-state index contributed by atoms with van der Waals surface area (Å²) >= 11 is 0. The number of unbranched alkanes of at least 4 members (excludes halogenated alkanes) is 1. The Labute approximate surface area is 743 Å². The summed E-state index contributed by atoms with van der Waals surface area (Å²) in [7, 11) is 0. The van der Waals surface area contributed by atoms with Crippen LogP contribution in [0, 0.1) is 64.1 Å². The molecular weight excluding hydrogens is 1650 g/mol. The highest BCUT2D eigenvalue weighted by molar-refractivity contribution is 6.00. The SMILES string of the molecule is CC(C)CCC[C@@H](C)[C@H]1CC[C@H]2[C@@H]3C[C@H](NCCN)[C@H]4C[C@@H](OC(=O)CC(=O)O)CC[C@]4(C)[C@H]3CC[C@]12C.CC[C@H](C)[C@H](NC(=O)[C@@H](N)[C@@H](C)O)C(=O)N[C@@H](CCC(=O)O)C(=O)N[C@@H](CC(=O)O)C(=O)N[C@@H](CO)C(=O)N[C@@H](Cc1ccc(O)cc1)C(=O)N[C@@H](CCCN=C(N)N)C(=O)N[C@@H](CCCCN)C(=O)N[C@H]1CCC[C@@H](C(N)=O)NC(=O)[C@H](C(C)C)NC1=O. The first-order chi connectivity index (χ1) is 59.8. The summed E-state index contributed by atoms with van der Waals surface area (Å²) in [5, 5.41) is 86.8. The van der Waals surface area contributed by atoms with Gasteiger partial charge in [0.05, 0.1) is 19.1 Å². The number of fused-ring (bicyclic) bond motifs is 5. The Balaban J connectivity index is 0.000000618. The lowest BCUT2D eigenvalue weighted by molar-refractivity contribution is -0.169. The third-order valence-corrected chi connectivity index (χ3v) is 26.4. The van der Waals surface area contributed by atoms with Crippen molar-refractivity contribution in [3.05, 3.63) is 29.8 Å². The zero-order valence-corrected chi connectivity index (χ0v) is 75.4. The number of carbonyl (C=O) groups is 15. The number of carboxylic acid groups (broad SMARTS) is 3. The highest BCUT2D eigenvalue weighted by Gasteiger charge is 2.63. The van der Waals surface area contributed by atoms with Gasteiger partial charge in [-0.1, -0.05) is 100 Å². The number of aliphatic hydroxyl groups excluding tert-OH is 2. The van der Waals surface area contributed by atoms with Crippen LogP contribution in [0.2, 0.25) is 0 Å². The molecule has 0 spiro atoms. The predicted octanol–water partition coefficient (Wildman–Crippen LogP) is -0.602. The standard InChI is InChI=1S/C55H90N16O18.C32H56N2O4/c1-6-27(4)43(71-52(87)41(57)28(5)73)54(89)66-35(19-20-39(75)76)47(82)68-37(24-40(77)78)50(85)69-38(25-72)51(86)67-36(23-29-15-17-30(74)18-16-29)49(84)65-34(14-10-22-61-55(59)60)46(81)63-32(11-7-8-21-56)45(80)64-33-13-9-12-31(44(58)79)62-53(88)42(26(2)3)70-48(33)83;1-20(2)7-6-8-21(3)24-9-10-25-23-18-28(34-16-15-33)27-17-22(38-30(37)19-29(35)36)11-13-32(27,5)26(23)12-14-31(24,25)4/h15-18,26-28,31-38,41-43,72-74H,6-14,19-25,56-57H2,1-5H3,(H2,58,79)(H,62,88)(H,63,81)(H,64,80)(H,65,84)(H,66,89)(H,67,86)(H,68,82)(H,69,85)(H,70,83)(H,71,87)(H,75,76)(H,77,78)(H4,59,60,61);20-28,34H,6-19,33H2,1-5H3,(H,35,36)/t27-,28+,31-,32-,33-,34-,35-,36-,37-,38-,41-,42-,43-;21-,22+,23+,24-,25+,26+,27-,28+,31-,32-/m01/s1. The molecular formula is C87H146N18O22. The molecule has 1 saturated heterocycles. The highest BCUT2D eigenvalue weighted by atomic mass is 16.5. The van der Waals surface area contributed by atoms with Crippen molar-refractivity contribution in [2.75, 3.05) is 32.8 Å². The van der Waals surface area contributed by atoms with E-state index in [2.05, 4.69) is 98.1 Å². The molecule has 29 N–H and O–H groups in total. The summed E-state index contributed by atoms with van der Waals surface area (Å²) in [6, 6.07) is -11.3. The number of nitrogens with one attached hydrogen (secondary N) is 11. The van der Waals surface area contributed by atoms with E-state index in [1.54, 1.807) is 27.7 Å². The summed E-state index contributed by atoms with van der Waals surface area (Å²) in [6.07, 6.45) is 9.25. The molecule has 1 aromatic rings. The van der Waals surface area contributed by atoms with Gasteiger partial charge in [-0.25, -0.2) is 0 Å². The Hall–Kier alpha value is -9.90. The van der Waals surface area contributed by atoms with Gasteiger partial charge in [-0.15, -0.1) is 0 Å². The number of aliphatic imine (C=N–C) groups is 1. The van der Waals surface area contributed by atoms with Crippen molar-refractivity contribution in [1.82, 2.24) is 58.5 Å². The van der Waals surface area contributed by atoms with Crippen molar-refractivity contribution in [1.29, 1.82) is 0 Å². The zero-order chi connectivity index (χ0) is 94.9. The number of aromatic hydroxyl groups is 1. The molecule has 4 aliphatic carbocycles. The van der Waals surface area contributed by atoms with E-state index in [1.165, 1.54) is 82.6 Å². The maximum Gasteiger partial charge on any atom is 0.317 e. The van der Waals surface area contributed by atoms with Gasteiger partial charge in [0.25, 0.3) is 0 Å². The number of carbonyl (C=O) groups excluding carboxylic acids is 12. The molecule has 5 fully saturated rings. The molecule has 23 atom stereocenters. The molecule has 40 nitrogen and oxygen atoms in total. The average Bonchev–Trinajstić information content (AvgIpc) is 1.68. The van der Waals surface area contributed by atoms with E-state index in [0.717, 1.165) is 61.3 Å². The van der Waals surface area contributed by atoms with E-state index >= 15 is 0 Å². The fourth-order valence-corrected chi connectivity index (χ4v) is 19.2. The molecule has 11 amide bonds. The molecule has 127 heavy (non-hydrogen) atoms. The van der Waals surface area contributed by atoms with Crippen molar-refractivity contribution in [3.8, 4) is 5.75 Å². The number of esters is 1. The van der Waals surface area contributed by atoms with Gasteiger partial charge in [-0.05, 0) is 204 Å². The Morgan fingerprint density at radius 1 is 0.591 bits per heavy atom. The number of nitrogens with zero attached hydrogens (tertiary/aromatic N) is 1. The van der Waals surface area contributed by atoms with Crippen LogP contribution in [0.5, 0.6) is 5.75 Å². The van der Waals surface area contributed by atoms with Gasteiger partial charge in [0.2, 0.25) is 65.0 Å². The van der Waals surface area contributed by atoms with Gasteiger partial charge < -0.3 is 128 Å². The second kappa shape index (κ2) is 51.9. The van der Waals surface area contributed by atoms with Crippen LogP contribution >= 0.6 is 0 Å². The first-order valence-corrected chi connectivity index (χ1v) is 45.0. The number of nitrogens with two attached hydrogens (primary N) is 6. The Kier molecular flexibility index (Phi) is 44.0. The molecule has 6 rings (SSSR count). The second-order valence-corrected chi connectivity index (χ2v) is 36.6. The number of hydrogen-bond donors (Lipinski definition) is 23. The molecule has 1 aliphatic heterocycles. The first-order valence-electron chi connectivity index (χ1n) is 45.0. The number of hydrogen-bond acceptors (Lipinski definition) is 24. The molecule has 0 unspecified atom stereocenters. The molecule has 4 saturated carbocycles. The smallest absolute Gasteiger partial charge is 0.317 e. The predicted molar refractivity (Wildman–Crippen MR) is 469 cm³/mol. The number of amides is 11. The fraction of sp³-hybridized carbons (Fsp3) is 0.747. The summed E-state index contributed by atoms with van der Waals surface area (Å²) in [5.74, 6) is -12.3. The monoisotopic (exact) mass is 1800 g/mol. The lowest BCUT2D eigenvalue weighted by Gasteiger charge is -2.63. The molecule has 0 bridgehead atoms. The van der Waals surface area contributed by atoms with Gasteiger partial charge in [-0.2, -0.15) is 0 Å². The van der Waals surface area contributed by atoms with Crippen molar-refractivity contribution in [2.45, 2.75) is 314 Å². The Morgan fingerprint density at radius 2 is 1.17 bits per heavy atom. The lowest BCUT2D eigenvalue weighted by atomic mass is 9.43. The van der Waals surface area contributed by atoms with Crippen molar-refractivity contribution < 1.29 is 107 Å². The van der Waals surface area contributed by atoms with Gasteiger partial charge in [-0.3, -0.25) is 76.9 Å². The van der Waals surface area contributed by atoms with Gasteiger partial charge in [0.1, 0.15) is 84.7 Å². The topological polar surface area (TPSA) is 687 Å². The fourth-order valence-electron chi connectivity index (χ4n) is 19.2. The van der Waals surface area contributed by atoms with E-state index in [1.807, 2.05) is 0 Å². The quantitative estimate of drug-likeness (QED) is 0.0127. The van der Waals surface area contributed by atoms with Crippen LogP contribution in [0.3, 0.4) is 0 Å². The maximum absolute atomic E-state index is 14.6. The van der Waals surface area contributed by atoms with Gasteiger partial charge in [0, 0.05) is 38.5 Å². The van der Waals surface area contributed by atoms with Crippen LogP contribution in [0.25, 0.3) is 0 Å². The third-order valence-electron chi connectivity index (χ3n) is 26.4. The lowest BCUT2D eigenvalue weighted by Crippen LogP contribution is -2.62. The van der Waals surface area contributed by atoms with Gasteiger partial charge in [0.15, 0.2) is 5.96 Å². The molecule has 40 heteroatoms. The van der Waals surface area contributed by atoms with E-state index in [0.29, 0.717) is 35.9 Å². The van der Waals surface area contributed by atoms with E-state index < -0.39 is 212 Å². The number of carboxylic acids is 3. The minimum atomic E-state index is -2.10. The number of aliphatic hydroxyl groups is 2. The number of ether oxygens (including phenoxy) is 1. The zero-order valence-electron chi connectivity index (χ0n) is 75.4. The minimum absolute atomic E-state index is 0.0184. The summed E-state index contributed by atoms with van der Waals surface area (Å²) in [5.41, 5.74) is 35.0. The van der Waals surface area contributed by atoms with Gasteiger partial charge >= 0.3 is 23.9 Å². The minimum Gasteiger partial charge on any atom is -0.508 e. The van der Waals surface area contributed by atoms with Crippen LogP contribution in [-0.4, -0.2) is 243 Å². The van der Waals surface area contributed by atoms with Crippen LogP contribution in [-0.2, 0) is 83.1 Å². The van der Waals surface area contributed by atoms with E-state index in [9.17, 15) is 97.5 Å². The van der Waals surface area contributed by atoms with Crippen LogP contribution < -0.4 is 92.9 Å². The van der Waals surface area contributed by atoms with Crippen molar-refractivity contribution >= 4 is 94.8 Å². The van der Waals surface area contributed by atoms with E-state index in [4.69, 9.17) is 44.2 Å². The highest BCUT2D eigenvalue weighted by Crippen LogP contribution is 2.68. The number of phenols is 1. The molecule has 1 heterocycles. The van der Waals surface area contributed by atoms with Crippen LogP contribution in [0.1, 0.15) is 229 Å². The number of phenolic OH excluding ortho intramolecular Hbond substituents is 1. The molecule has 716 valence electrons. The summed E-state index contributed by atoms with van der Waals surface area (Å²) < 4.78 is 5.69. The first kappa shape index (κ1) is 108. The van der Waals surface area contributed by atoms with E-state index in [-0.39, 0.29) is 87.7 Å². The van der Waals surface area contributed by atoms with Crippen LogP contribution in [0.4, 0.5) is 0 Å². The number of benzene rings is 1. The molecule has 0 aromatic heterocycles. The second-order valence-electron chi connectivity index (χ2n) is 36.6. The molecule has 1 aromatic carbocycles. The summed E-state index contributed by atoms with van der Waals surface area (Å²) in [4.78, 5) is 202. The van der Waals surface area contributed by atoms with Crippen LogP contribution in [0.15, 0.2) is 29.3 Å². The number of rotatable bonds is 48. The normalized spacial score (nSPS) is 25.3. The van der Waals surface area contributed by atoms with Crippen molar-refractivity contribution in [2.24, 2.45) is 103 Å². The number of guanidine groups is 1. The molecule has 5 aliphatic rings. The Morgan fingerprint density at radius 3 is 1.76 bits per heavy atom. The van der Waals surface area contributed by atoms with Crippen molar-refractivity contribution in [3.63, 3.8) is 0 Å². The summed E-state index contributed by atoms with van der Waals surface area (Å²) in [6.45, 7) is 20.5. The maximum atomic E-state index is 14.6. The largest absolute Gasteiger partial charge is 0.508 e. The third kappa shape index (κ3) is 33.0.